The van der Waals surface area contributed by atoms with E-state index in [9.17, 15) is 0 Å². The van der Waals surface area contributed by atoms with Crippen molar-refractivity contribution in [3.05, 3.63) is 96.3 Å². The molecule has 0 aliphatic carbocycles. The number of hydrogen-bond acceptors (Lipinski definition) is 5. The molecule has 0 aliphatic rings. The monoisotopic (exact) mass is 718 g/mol. The van der Waals surface area contributed by atoms with E-state index in [4.69, 9.17) is 0 Å². The second-order valence-corrected chi connectivity index (χ2v) is 18.0. The quantitative estimate of drug-likeness (QED) is 0.156. The third-order valence-corrected chi connectivity index (χ3v) is 16.7. The molecule has 0 spiro atoms. The van der Waals surface area contributed by atoms with Crippen LogP contribution >= 0.6 is 56.7 Å². The van der Waals surface area contributed by atoms with Crippen LogP contribution in [0.25, 0.3) is 88.5 Å². The molecule has 43 heavy (non-hydrogen) atoms. The van der Waals surface area contributed by atoms with E-state index in [0.717, 1.165) is 33.5 Å². The molecule has 0 saturated heterocycles. The van der Waals surface area contributed by atoms with Crippen LogP contribution in [-0.4, -0.2) is 14.5 Å². The zero-order valence-corrected chi connectivity index (χ0v) is 27.4. The Morgan fingerprint density at radius 2 is 0.953 bits per heavy atom. The van der Waals surface area contributed by atoms with Crippen molar-refractivity contribution in [1.29, 1.82) is 0 Å². The van der Waals surface area contributed by atoms with Crippen LogP contribution in [0.3, 0.4) is 0 Å². The molecule has 206 valence electrons. The minimum absolute atomic E-state index is 0.0141. The third-order valence-electron chi connectivity index (χ3n) is 7.97. The molecule has 10 rings (SSSR count). The second-order valence-electron chi connectivity index (χ2n) is 10.4. The predicted octanol–water partition coefficient (Wildman–Crippen LogP) is 12.9. The van der Waals surface area contributed by atoms with Crippen LogP contribution in [0, 0.1) is 17.5 Å². The zero-order chi connectivity index (χ0) is 28.6. The summed E-state index contributed by atoms with van der Waals surface area (Å²) in [5.41, 5.74) is 0. The van der Waals surface area contributed by atoms with Crippen molar-refractivity contribution >= 4 is 141 Å². The van der Waals surface area contributed by atoms with Gasteiger partial charge >= 0.3 is 230 Å². The van der Waals surface area contributed by atoms with E-state index in [-0.39, 0.29) is 32.0 Å². The molecule has 0 saturated carbocycles. The topological polar surface area (TPSA) is 0 Å². The van der Waals surface area contributed by atoms with Crippen molar-refractivity contribution in [2.24, 2.45) is 0 Å². The number of thiophene rings is 5. The van der Waals surface area contributed by atoms with Crippen molar-refractivity contribution in [3.8, 4) is 19.1 Å². The number of hydrogen-bond donors (Lipinski definition) is 0. The first-order valence-corrected chi connectivity index (χ1v) is 19.1. The molecule has 0 N–H and O–H groups in total. The maximum absolute atomic E-state index is 15.8. The molecule has 0 radical (unpaired) electrons. The molecule has 9 heteroatoms. The number of rotatable bonds is 2. The van der Waals surface area contributed by atoms with Crippen LogP contribution in [0.5, 0.6) is 0 Å². The first-order valence-electron chi connectivity index (χ1n) is 13.3. The van der Waals surface area contributed by atoms with Gasteiger partial charge in [-0.2, -0.15) is 0 Å². The Balaban J connectivity index is 1.13. The Morgan fingerprint density at radius 3 is 1.65 bits per heavy atom. The van der Waals surface area contributed by atoms with Crippen LogP contribution in [0.4, 0.5) is 13.2 Å². The van der Waals surface area contributed by atoms with Gasteiger partial charge in [-0.05, 0) is 6.07 Å². The summed E-state index contributed by atoms with van der Waals surface area (Å²) in [5.74, 6) is -0.802. The summed E-state index contributed by atoms with van der Waals surface area (Å²) < 4.78 is 56.1. The van der Waals surface area contributed by atoms with Gasteiger partial charge in [0.05, 0.1) is 0 Å². The molecule has 0 nitrogen and oxygen atoms in total. The van der Waals surface area contributed by atoms with Gasteiger partial charge in [0.2, 0.25) is 0 Å². The predicted molar refractivity (Wildman–Crippen MR) is 186 cm³/mol. The molecule has 0 atom stereocenters. The molecule has 0 aliphatic heterocycles. The van der Waals surface area contributed by atoms with Crippen LogP contribution in [-0.2, 0) is 0 Å². The molecule has 0 bridgehead atoms. The summed E-state index contributed by atoms with van der Waals surface area (Å²) in [4.78, 5) is 1.50. The molecular formula is C34H13F3S5Se. The standard InChI is InChI=1S/C34H13F3S5Se/c35-27-15-5-1-3-7-20(15)38-32(27)26-10-14-9-22-19(13-25(14)43-26)31-30(40-22)18-12-23-17(11-24(18)41-31)29(37)34(42-23)33-28(36)16-6-2-4-8-21(16)39-33/h1-13H. The van der Waals surface area contributed by atoms with Crippen LogP contribution in [0.1, 0.15) is 0 Å². The van der Waals surface area contributed by atoms with Gasteiger partial charge in [0.25, 0.3) is 0 Å². The molecule has 4 aromatic carbocycles. The molecule has 0 amide bonds. The van der Waals surface area contributed by atoms with Gasteiger partial charge < -0.3 is 0 Å². The summed E-state index contributed by atoms with van der Waals surface area (Å²) in [6.07, 6.45) is 0. The average Bonchev–Trinajstić information content (AvgIpc) is 3.85. The number of halogens is 3. The van der Waals surface area contributed by atoms with E-state index in [0.29, 0.717) is 25.9 Å². The zero-order valence-electron chi connectivity index (χ0n) is 21.6. The third kappa shape index (κ3) is 3.53. The summed E-state index contributed by atoms with van der Waals surface area (Å²) in [5, 5.41) is 5.29. The second kappa shape index (κ2) is 9.02. The van der Waals surface area contributed by atoms with E-state index >= 15 is 13.2 Å². The Labute approximate surface area is 267 Å². The summed E-state index contributed by atoms with van der Waals surface area (Å²) in [7, 11) is 0. The normalized spacial score (nSPS) is 12.5. The molecular weight excluding hydrogens is 705 g/mol. The van der Waals surface area contributed by atoms with Crippen molar-refractivity contribution < 1.29 is 13.2 Å². The van der Waals surface area contributed by atoms with Crippen molar-refractivity contribution in [2.45, 2.75) is 0 Å². The summed E-state index contributed by atoms with van der Waals surface area (Å²) in [6, 6.07) is 25.7. The van der Waals surface area contributed by atoms with E-state index in [1.54, 1.807) is 28.7 Å². The van der Waals surface area contributed by atoms with E-state index in [1.165, 1.54) is 63.1 Å². The van der Waals surface area contributed by atoms with E-state index in [2.05, 4.69) is 24.3 Å². The Hall–Kier alpha value is -3.01. The number of fused-ring (bicyclic) bond motifs is 9. The minimum atomic E-state index is -0.346. The van der Waals surface area contributed by atoms with Gasteiger partial charge in [-0.3, -0.25) is 0 Å². The van der Waals surface area contributed by atoms with Gasteiger partial charge in [0.15, 0.2) is 0 Å². The molecule has 0 unspecified atom stereocenters. The molecule has 10 aromatic rings. The molecule has 6 heterocycles. The van der Waals surface area contributed by atoms with Crippen LogP contribution < -0.4 is 0 Å². The number of benzene rings is 4. The molecule has 6 aromatic heterocycles. The van der Waals surface area contributed by atoms with Crippen molar-refractivity contribution in [3.63, 3.8) is 0 Å². The summed E-state index contributed by atoms with van der Waals surface area (Å²) >= 11 is 7.63. The molecule has 0 fully saturated rings. The summed E-state index contributed by atoms with van der Waals surface area (Å²) in [6.45, 7) is 0. The fourth-order valence-electron chi connectivity index (χ4n) is 5.94. The first-order chi connectivity index (χ1) is 21.0. The average molecular weight is 718 g/mol. The van der Waals surface area contributed by atoms with Gasteiger partial charge in [-0.25, -0.2) is 4.39 Å². The first kappa shape index (κ1) is 25.3. The van der Waals surface area contributed by atoms with Gasteiger partial charge in [0, 0.05) is 10.1 Å². The fourth-order valence-corrected chi connectivity index (χ4v) is 14.5. The Bertz CT molecular complexity index is 2780. The van der Waals surface area contributed by atoms with E-state index < -0.39 is 0 Å². The van der Waals surface area contributed by atoms with Gasteiger partial charge in [0.1, 0.15) is 0 Å². The van der Waals surface area contributed by atoms with Gasteiger partial charge in [-0.15, -0.1) is 0 Å². The maximum atomic E-state index is 15.8. The van der Waals surface area contributed by atoms with E-state index in [1.807, 2.05) is 48.5 Å². The van der Waals surface area contributed by atoms with Gasteiger partial charge in [-0.1, -0.05) is 18.2 Å². The van der Waals surface area contributed by atoms with Crippen molar-refractivity contribution in [2.75, 3.05) is 0 Å². The SMILES string of the molecule is Fc1c(-c2cc3cc4sc5c6cc7sc(-c8sc9ccccc9c8F)c(F)c7cc6sc5c4cc3[se]2)sc2ccccc12. The Kier molecular flexibility index (Phi) is 5.31. The van der Waals surface area contributed by atoms with Crippen molar-refractivity contribution in [1.82, 2.24) is 0 Å². The Morgan fingerprint density at radius 1 is 0.442 bits per heavy atom. The fraction of sp³-hybridized carbons (Fsp3) is 0. The van der Waals surface area contributed by atoms with Crippen LogP contribution in [0.2, 0.25) is 0 Å². The van der Waals surface area contributed by atoms with Crippen LogP contribution in [0.15, 0.2) is 78.9 Å².